The number of hydrogen-bond acceptors (Lipinski definition) is 5. The smallest absolute Gasteiger partial charge is 0.266 e. The lowest BCUT2D eigenvalue weighted by molar-refractivity contribution is 0.331. The van der Waals surface area contributed by atoms with Gasteiger partial charge in [-0.2, -0.15) is 5.10 Å². The molecule has 2 rings (SSSR count). The first kappa shape index (κ1) is 15.6. The van der Waals surface area contributed by atoms with Crippen LogP contribution in [-0.4, -0.2) is 23.4 Å². The second-order valence-electron chi connectivity index (χ2n) is 5.87. The van der Waals surface area contributed by atoms with Crippen molar-refractivity contribution >= 4 is 15.8 Å². The highest BCUT2D eigenvalue weighted by molar-refractivity contribution is 7.92. The molecule has 0 spiro atoms. The zero-order valence-corrected chi connectivity index (χ0v) is 13.7. The molecule has 0 fully saturated rings. The van der Waals surface area contributed by atoms with E-state index < -0.39 is 10.0 Å². The molecule has 0 aliphatic carbocycles. The number of nitrogens with zero attached hydrogens (tertiary/aromatic N) is 3. The Hall–Kier alpha value is -1.83. The van der Waals surface area contributed by atoms with Crippen molar-refractivity contribution in [3.8, 4) is 0 Å². The zero-order valence-electron chi connectivity index (χ0n) is 12.8. The molecule has 0 atom stereocenters. The Morgan fingerprint density at radius 1 is 1.38 bits per heavy atom. The van der Waals surface area contributed by atoms with E-state index >= 15 is 0 Å². The van der Waals surface area contributed by atoms with Crippen molar-refractivity contribution in [2.45, 2.75) is 51.5 Å². The summed E-state index contributed by atoms with van der Waals surface area (Å²) in [7, 11) is -3.72. The number of hydrogen-bond donors (Lipinski definition) is 1. The van der Waals surface area contributed by atoms with Gasteiger partial charge in [-0.05, 0) is 13.8 Å². The normalized spacial score (nSPS) is 12.6. The van der Waals surface area contributed by atoms with E-state index in [1.165, 1.54) is 6.20 Å². The summed E-state index contributed by atoms with van der Waals surface area (Å²) in [5.41, 5.74) is 0.212. The SMILES string of the molecule is CCn1cc(S(=O)(=O)Nc2cc(C(C)(C)C)on2)c(C)n1. The molecule has 0 amide bonds. The zero-order chi connectivity index (χ0) is 15.8. The Kier molecular flexibility index (Phi) is 3.83. The molecule has 2 heterocycles. The minimum atomic E-state index is -3.72. The van der Waals surface area contributed by atoms with Gasteiger partial charge < -0.3 is 4.52 Å². The van der Waals surface area contributed by atoms with E-state index in [0.717, 1.165) is 0 Å². The number of anilines is 1. The Labute approximate surface area is 124 Å². The standard InChI is InChI=1S/C13H20N4O3S/c1-6-17-8-10(9(2)14-17)21(18,19)16-12-7-11(20-15-12)13(3,4)5/h7-8H,6H2,1-5H3,(H,15,16). The van der Waals surface area contributed by atoms with Gasteiger partial charge in [0.15, 0.2) is 5.82 Å². The van der Waals surface area contributed by atoms with E-state index in [0.29, 0.717) is 18.0 Å². The molecule has 0 aliphatic rings. The van der Waals surface area contributed by atoms with Crippen LogP contribution in [0.1, 0.15) is 39.1 Å². The van der Waals surface area contributed by atoms with Gasteiger partial charge in [0.25, 0.3) is 10.0 Å². The predicted octanol–water partition coefficient (Wildman–Crippen LogP) is 2.30. The summed E-state index contributed by atoms with van der Waals surface area (Å²) in [4.78, 5) is 0.143. The van der Waals surface area contributed by atoms with Crippen LogP contribution in [0.2, 0.25) is 0 Å². The lowest BCUT2D eigenvalue weighted by Gasteiger charge is -2.12. The van der Waals surface area contributed by atoms with Crippen molar-refractivity contribution in [3.05, 3.63) is 23.7 Å². The number of rotatable bonds is 4. The molecule has 7 nitrogen and oxygen atoms in total. The summed E-state index contributed by atoms with van der Waals surface area (Å²) in [6, 6.07) is 1.59. The summed E-state index contributed by atoms with van der Waals surface area (Å²) in [5, 5.41) is 7.89. The fourth-order valence-corrected chi connectivity index (χ4v) is 2.97. The van der Waals surface area contributed by atoms with Crippen LogP contribution in [0.15, 0.2) is 21.7 Å². The summed E-state index contributed by atoms with van der Waals surface area (Å²) in [6.07, 6.45) is 1.50. The van der Waals surface area contributed by atoms with Gasteiger partial charge in [-0.25, -0.2) is 8.42 Å². The highest BCUT2D eigenvalue weighted by Gasteiger charge is 2.24. The fraction of sp³-hybridized carbons (Fsp3) is 0.538. The monoisotopic (exact) mass is 312 g/mol. The van der Waals surface area contributed by atoms with Crippen molar-refractivity contribution in [1.29, 1.82) is 0 Å². The molecule has 0 aromatic carbocycles. The van der Waals surface area contributed by atoms with Crippen LogP contribution in [0.5, 0.6) is 0 Å². The molecule has 0 radical (unpaired) electrons. The van der Waals surface area contributed by atoms with Gasteiger partial charge in [0.1, 0.15) is 10.7 Å². The number of sulfonamides is 1. The van der Waals surface area contributed by atoms with Crippen LogP contribution in [-0.2, 0) is 22.0 Å². The van der Waals surface area contributed by atoms with Gasteiger partial charge in [0.05, 0.1) is 5.69 Å². The topological polar surface area (TPSA) is 90.0 Å². The molecule has 21 heavy (non-hydrogen) atoms. The maximum absolute atomic E-state index is 12.4. The first-order valence-electron chi connectivity index (χ1n) is 6.67. The second-order valence-corrected chi connectivity index (χ2v) is 7.52. The Morgan fingerprint density at radius 3 is 2.52 bits per heavy atom. The minimum Gasteiger partial charge on any atom is -0.359 e. The molecule has 8 heteroatoms. The molecule has 2 aromatic rings. The molecule has 1 N–H and O–H groups in total. The third-order valence-corrected chi connectivity index (χ3v) is 4.46. The van der Waals surface area contributed by atoms with Crippen molar-refractivity contribution in [3.63, 3.8) is 0 Å². The van der Waals surface area contributed by atoms with E-state index in [9.17, 15) is 8.42 Å². The van der Waals surface area contributed by atoms with Crippen LogP contribution in [0.4, 0.5) is 5.82 Å². The molecule has 0 bridgehead atoms. The molecule has 116 valence electrons. The number of nitrogens with one attached hydrogen (secondary N) is 1. The highest BCUT2D eigenvalue weighted by Crippen LogP contribution is 2.26. The third kappa shape index (κ3) is 3.26. The summed E-state index contributed by atoms with van der Waals surface area (Å²) >= 11 is 0. The predicted molar refractivity (Wildman–Crippen MR) is 78.6 cm³/mol. The number of aromatic nitrogens is 3. The first-order chi connectivity index (χ1) is 9.63. The van der Waals surface area contributed by atoms with E-state index in [2.05, 4.69) is 15.0 Å². The van der Waals surface area contributed by atoms with Crippen molar-refractivity contribution in [2.24, 2.45) is 0 Å². The molecular weight excluding hydrogens is 292 g/mol. The maximum Gasteiger partial charge on any atom is 0.266 e. The lowest BCUT2D eigenvalue weighted by atomic mass is 9.93. The average Bonchev–Trinajstić information content (AvgIpc) is 2.94. The highest BCUT2D eigenvalue weighted by atomic mass is 32.2. The number of aryl methyl sites for hydroxylation is 2. The fourth-order valence-electron chi connectivity index (χ4n) is 1.79. The molecule has 2 aromatic heterocycles. The molecule has 0 unspecified atom stereocenters. The first-order valence-corrected chi connectivity index (χ1v) is 8.16. The average molecular weight is 312 g/mol. The molecule has 0 saturated carbocycles. The van der Waals surface area contributed by atoms with Gasteiger partial charge >= 0.3 is 0 Å². The Bertz CT molecular complexity index is 738. The van der Waals surface area contributed by atoms with Crippen LogP contribution in [0.3, 0.4) is 0 Å². The van der Waals surface area contributed by atoms with Crippen LogP contribution in [0.25, 0.3) is 0 Å². The van der Waals surface area contributed by atoms with E-state index in [1.807, 2.05) is 27.7 Å². The largest absolute Gasteiger partial charge is 0.359 e. The Balaban J connectivity index is 2.29. The summed E-state index contributed by atoms with van der Waals surface area (Å²) < 4.78 is 33.9. The van der Waals surface area contributed by atoms with Gasteiger partial charge in [-0.3, -0.25) is 9.40 Å². The van der Waals surface area contributed by atoms with Crippen molar-refractivity contribution < 1.29 is 12.9 Å². The molecular formula is C13H20N4O3S. The second kappa shape index (κ2) is 5.18. The van der Waals surface area contributed by atoms with Crippen LogP contribution < -0.4 is 4.72 Å². The maximum atomic E-state index is 12.4. The van der Waals surface area contributed by atoms with Crippen LogP contribution >= 0.6 is 0 Å². The summed E-state index contributed by atoms with van der Waals surface area (Å²) in [5.74, 6) is 0.782. The quantitative estimate of drug-likeness (QED) is 0.935. The van der Waals surface area contributed by atoms with Gasteiger partial charge in [-0.15, -0.1) is 0 Å². The van der Waals surface area contributed by atoms with Crippen LogP contribution in [0, 0.1) is 6.92 Å². The van der Waals surface area contributed by atoms with Crippen molar-refractivity contribution in [1.82, 2.24) is 14.9 Å². The van der Waals surface area contributed by atoms with Gasteiger partial charge in [0, 0.05) is 24.2 Å². The van der Waals surface area contributed by atoms with E-state index in [-0.39, 0.29) is 16.1 Å². The molecule has 0 saturated heterocycles. The Morgan fingerprint density at radius 2 is 2.05 bits per heavy atom. The van der Waals surface area contributed by atoms with Gasteiger partial charge in [0.2, 0.25) is 0 Å². The van der Waals surface area contributed by atoms with Crippen molar-refractivity contribution in [2.75, 3.05) is 4.72 Å². The molecule has 0 aliphatic heterocycles. The minimum absolute atomic E-state index is 0.143. The lowest BCUT2D eigenvalue weighted by Crippen LogP contribution is -2.14. The van der Waals surface area contributed by atoms with E-state index in [4.69, 9.17) is 4.52 Å². The third-order valence-electron chi connectivity index (χ3n) is 3.00. The van der Waals surface area contributed by atoms with E-state index in [1.54, 1.807) is 17.7 Å². The van der Waals surface area contributed by atoms with Gasteiger partial charge in [-0.1, -0.05) is 25.9 Å². The summed E-state index contributed by atoms with van der Waals surface area (Å²) in [6.45, 7) is 10.0.